The van der Waals surface area contributed by atoms with E-state index in [4.69, 9.17) is 5.11 Å². The lowest BCUT2D eigenvalue weighted by molar-refractivity contribution is -0.136. The molecule has 4 nitrogen and oxygen atoms in total. The molecule has 0 radical (unpaired) electrons. The average Bonchev–Trinajstić information content (AvgIpc) is 2.81. The van der Waals surface area contributed by atoms with Crippen molar-refractivity contribution in [1.82, 2.24) is 9.88 Å². The molecule has 1 unspecified atom stereocenters. The standard InChI is InChI=1S/C15H24N2O2S/c1-3-11-7-5-6-8-17(11)10-13-12(9-15(18)19)16-14(4-2)20-13/h11H,3-10H2,1-2H3,(H,18,19). The molecule has 0 aromatic carbocycles. The topological polar surface area (TPSA) is 53.4 Å². The number of carbonyl (C=O) groups is 1. The highest BCUT2D eigenvalue weighted by Crippen LogP contribution is 2.26. The third-order valence-electron chi connectivity index (χ3n) is 4.01. The summed E-state index contributed by atoms with van der Waals surface area (Å²) < 4.78 is 0. The molecule has 1 aliphatic heterocycles. The van der Waals surface area contributed by atoms with Gasteiger partial charge in [0.15, 0.2) is 0 Å². The van der Waals surface area contributed by atoms with Gasteiger partial charge < -0.3 is 5.11 Å². The van der Waals surface area contributed by atoms with Crippen molar-refractivity contribution in [3.63, 3.8) is 0 Å². The fourth-order valence-corrected chi connectivity index (χ4v) is 3.96. The number of likely N-dealkylation sites (tertiary alicyclic amines) is 1. The number of rotatable bonds is 6. The highest BCUT2D eigenvalue weighted by Gasteiger charge is 2.23. The summed E-state index contributed by atoms with van der Waals surface area (Å²) in [7, 11) is 0. The van der Waals surface area contributed by atoms with Gasteiger partial charge >= 0.3 is 5.97 Å². The van der Waals surface area contributed by atoms with Crippen LogP contribution in [0.5, 0.6) is 0 Å². The molecule has 5 heteroatoms. The lowest BCUT2D eigenvalue weighted by Gasteiger charge is -2.34. The lowest BCUT2D eigenvalue weighted by Crippen LogP contribution is -2.38. The van der Waals surface area contributed by atoms with Crippen LogP contribution in [0.2, 0.25) is 0 Å². The molecule has 1 N–H and O–H groups in total. The van der Waals surface area contributed by atoms with Crippen molar-refractivity contribution in [1.29, 1.82) is 0 Å². The summed E-state index contributed by atoms with van der Waals surface area (Å²) in [5.74, 6) is -0.787. The molecule has 1 aromatic rings. The van der Waals surface area contributed by atoms with E-state index in [0.29, 0.717) is 6.04 Å². The average molecular weight is 296 g/mol. The minimum Gasteiger partial charge on any atom is -0.481 e. The molecule has 112 valence electrons. The molecular formula is C15H24N2O2S. The van der Waals surface area contributed by atoms with E-state index >= 15 is 0 Å². The first kappa shape index (κ1) is 15.4. The van der Waals surface area contributed by atoms with Crippen molar-refractivity contribution in [2.75, 3.05) is 6.54 Å². The van der Waals surface area contributed by atoms with E-state index in [9.17, 15) is 4.79 Å². The van der Waals surface area contributed by atoms with Gasteiger partial charge in [-0.2, -0.15) is 0 Å². The number of thiazole rings is 1. The molecule has 1 aliphatic rings. The summed E-state index contributed by atoms with van der Waals surface area (Å²) >= 11 is 1.69. The number of aromatic nitrogens is 1. The number of carboxylic acid groups (broad SMARTS) is 1. The zero-order valence-electron chi connectivity index (χ0n) is 12.4. The van der Waals surface area contributed by atoms with Crippen LogP contribution >= 0.6 is 11.3 Å². The summed E-state index contributed by atoms with van der Waals surface area (Å²) in [5.41, 5.74) is 0.778. The Morgan fingerprint density at radius 2 is 2.25 bits per heavy atom. The van der Waals surface area contributed by atoms with Crippen LogP contribution in [0.3, 0.4) is 0 Å². The molecule has 1 saturated heterocycles. The Morgan fingerprint density at radius 3 is 2.90 bits per heavy atom. The second-order valence-electron chi connectivity index (χ2n) is 5.43. The van der Waals surface area contributed by atoms with Gasteiger partial charge in [0, 0.05) is 17.5 Å². The maximum Gasteiger partial charge on any atom is 0.309 e. The molecule has 2 rings (SSSR count). The van der Waals surface area contributed by atoms with Gasteiger partial charge in [-0.05, 0) is 32.2 Å². The predicted octanol–water partition coefficient (Wildman–Crippen LogP) is 3.10. The third-order valence-corrected chi connectivity index (χ3v) is 5.24. The van der Waals surface area contributed by atoms with Crippen LogP contribution in [-0.4, -0.2) is 33.5 Å². The van der Waals surface area contributed by atoms with E-state index in [1.807, 2.05) is 0 Å². The van der Waals surface area contributed by atoms with Crippen LogP contribution in [0.25, 0.3) is 0 Å². The van der Waals surface area contributed by atoms with Crippen LogP contribution in [0.15, 0.2) is 0 Å². The van der Waals surface area contributed by atoms with Crippen molar-refractivity contribution in [3.8, 4) is 0 Å². The minimum absolute atomic E-state index is 0.0520. The number of aryl methyl sites for hydroxylation is 1. The number of carboxylic acids is 1. The van der Waals surface area contributed by atoms with E-state index in [-0.39, 0.29) is 6.42 Å². The van der Waals surface area contributed by atoms with E-state index in [0.717, 1.165) is 35.1 Å². The quantitative estimate of drug-likeness (QED) is 0.876. The van der Waals surface area contributed by atoms with E-state index in [1.54, 1.807) is 11.3 Å². The highest BCUT2D eigenvalue weighted by molar-refractivity contribution is 7.11. The number of hydrogen-bond acceptors (Lipinski definition) is 4. The van der Waals surface area contributed by atoms with Gasteiger partial charge in [0.25, 0.3) is 0 Å². The van der Waals surface area contributed by atoms with E-state index in [2.05, 4.69) is 23.7 Å². The van der Waals surface area contributed by atoms with Crippen LogP contribution in [-0.2, 0) is 24.2 Å². The molecular weight excluding hydrogens is 272 g/mol. The molecule has 0 spiro atoms. The minimum atomic E-state index is -0.787. The molecule has 1 fully saturated rings. The van der Waals surface area contributed by atoms with Crippen LogP contribution in [0.1, 0.15) is 55.1 Å². The maximum absolute atomic E-state index is 11.0. The molecule has 0 amide bonds. The number of hydrogen-bond donors (Lipinski definition) is 1. The summed E-state index contributed by atoms with van der Waals surface area (Å²) in [6, 6.07) is 0.647. The molecule has 20 heavy (non-hydrogen) atoms. The largest absolute Gasteiger partial charge is 0.481 e. The highest BCUT2D eigenvalue weighted by atomic mass is 32.1. The van der Waals surface area contributed by atoms with Gasteiger partial charge in [0.2, 0.25) is 0 Å². The third kappa shape index (κ3) is 3.79. The molecule has 1 aromatic heterocycles. The second kappa shape index (κ2) is 7.18. The maximum atomic E-state index is 11.0. The van der Waals surface area contributed by atoms with Crippen molar-refractivity contribution in [2.45, 2.75) is 65.0 Å². The molecule has 0 saturated carbocycles. The Labute approximate surface area is 124 Å². The molecule has 2 heterocycles. The van der Waals surface area contributed by atoms with Gasteiger partial charge in [-0.1, -0.05) is 20.3 Å². The van der Waals surface area contributed by atoms with Gasteiger partial charge in [0.1, 0.15) is 0 Å². The van der Waals surface area contributed by atoms with Crippen molar-refractivity contribution in [3.05, 3.63) is 15.6 Å². The van der Waals surface area contributed by atoms with E-state index in [1.165, 1.54) is 25.7 Å². The fourth-order valence-electron chi connectivity index (χ4n) is 2.91. The number of piperidine rings is 1. The monoisotopic (exact) mass is 296 g/mol. The first-order valence-corrected chi connectivity index (χ1v) is 8.39. The van der Waals surface area contributed by atoms with Gasteiger partial charge in [-0.3, -0.25) is 9.69 Å². The zero-order chi connectivity index (χ0) is 14.5. The SMILES string of the molecule is CCc1nc(CC(=O)O)c(CN2CCCCC2CC)s1. The van der Waals surface area contributed by atoms with Crippen LogP contribution in [0, 0.1) is 0 Å². The second-order valence-corrected chi connectivity index (χ2v) is 6.60. The summed E-state index contributed by atoms with van der Waals surface area (Å²) in [6.45, 7) is 6.32. The van der Waals surface area contributed by atoms with Gasteiger partial charge in [-0.15, -0.1) is 11.3 Å². The van der Waals surface area contributed by atoms with Crippen LogP contribution in [0.4, 0.5) is 0 Å². The number of aliphatic carboxylic acids is 1. The van der Waals surface area contributed by atoms with Crippen molar-refractivity contribution in [2.24, 2.45) is 0 Å². The molecule has 0 bridgehead atoms. The Morgan fingerprint density at radius 1 is 1.45 bits per heavy atom. The predicted molar refractivity (Wildman–Crippen MR) is 81.2 cm³/mol. The lowest BCUT2D eigenvalue weighted by atomic mass is 10.00. The first-order valence-electron chi connectivity index (χ1n) is 7.57. The van der Waals surface area contributed by atoms with Crippen molar-refractivity contribution >= 4 is 17.3 Å². The normalized spacial score (nSPS) is 20.2. The zero-order valence-corrected chi connectivity index (χ0v) is 13.2. The van der Waals surface area contributed by atoms with Crippen molar-refractivity contribution < 1.29 is 9.90 Å². The Bertz CT molecular complexity index is 459. The Hall–Kier alpha value is -0.940. The summed E-state index contributed by atoms with van der Waals surface area (Å²) in [6.07, 6.45) is 5.95. The van der Waals surface area contributed by atoms with Gasteiger partial charge in [0.05, 0.1) is 17.1 Å². The fraction of sp³-hybridized carbons (Fsp3) is 0.733. The van der Waals surface area contributed by atoms with Gasteiger partial charge in [-0.25, -0.2) is 4.98 Å². The summed E-state index contributed by atoms with van der Waals surface area (Å²) in [5, 5.41) is 10.1. The Balaban J connectivity index is 2.13. The number of nitrogens with zero attached hydrogens (tertiary/aromatic N) is 2. The van der Waals surface area contributed by atoms with Crippen LogP contribution < -0.4 is 0 Å². The first-order chi connectivity index (χ1) is 9.63. The molecule has 0 aliphatic carbocycles. The molecule has 1 atom stereocenters. The Kier molecular flexibility index (Phi) is 5.54. The smallest absolute Gasteiger partial charge is 0.309 e. The summed E-state index contributed by atoms with van der Waals surface area (Å²) in [4.78, 5) is 19.2. The van der Waals surface area contributed by atoms with E-state index < -0.39 is 5.97 Å².